The topological polar surface area (TPSA) is 29.5 Å². The van der Waals surface area contributed by atoms with Crippen LogP contribution in [0.5, 0.6) is 0 Å². The summed E-state index contributed by atoms with van der Waals surface area (Å²) >= 11 is 0. The van der Waals surface area contributed by atoms with Gasteiger partial charge in [0.15, 0.2) is 0 Å². The molecule has 0 aliphatic heterocycles. The Labute approximate surface area is 108 Å². The molecule has 1 rings (SSSR count). The molecule has 0 bridgehead atoms. The van der Waals surface area contributed by atoms with Crippen molar-refractivity contribution in [3.05, 3.63) is 48.3 Å². The van der Waals surface area contributed by atoms with Crippen molar-refractivity contribution in [3.8, 4) is 0 Å². The van der Waals surface area contributed by atoms with E-state index < -0.39 is 6.10 Å². The van der Waals surface area contributed by atoms with E-state index in [1.54, 1.807) is 18.2 Å². The quantitative estimate of drug-likeness (QED) is 0.756. The van der Waals surface area contributed by atoms with Crippen molar-refractivity contribution in [1.29, 1.82) is 0 Å². The molecule has 0 saturated carbocycles. The minimum Gasteiger partial charge on any atom is -0.390 e. The van der Waals surface area contributed by atoms with Gasteiger partial charge >= 0.3 is 0 Å². The Bertz CT molecular complexity index is 359. The number of ether oxygens (including phenoxy) is 1. The van der Waals surface area contributed by atoms with Crippen LogP contribution in [0.4, 0.5) is 4.39 Å². The Morgan fingerprint density at radius 2 is 1.94 bits per heavy atom. The molecule has 0 aromatic heterocycles. The molecule has 0 heterocycles. The molecular weight excluding hydrogens is 231 g/mol. The van der Waals surface area contributed by atoms with Gasteiger partial charge in [-0.3, -0.25) is 0 Å². The van der Waals surface area contributed by atoms with Crippen LogP contribution in [0.2, 0.25) is 0 Å². The van der Waals surface area contributed by atoms with Gasteiger partial charge in [0.2, 0.25) is 0 Å². The lowest BCUT2D eigenvalue weighted by Gasteiger charge is -2.25. The van der Waals surface area contributed by atoms with E-state index in [1.807, 2.05) is 13.8 Å². The molecule has 0 fully saturated rings. The van der Waals surface area contributed by atoms with Crippen LogP contribution in [-0.2, 0) is 11.2 Å². The monoisotopic (exact) mass is 252 g/mol. The number of aliphatic hydroxyl groups is 1. The van der Waals surface area contributed by atoms with E-state index in [-0.39, 0.29) is 17.8 Å². The molecular formula is C15H21FO2. The Morgan fingerprint density at radius 3 is 2.44 bits per heavy atom. The van der Waals surface area contributed by atoms with Crippen LogP contribution in [0.15, 0.2) is 36.9 Å². The fraction of sp³-hybridized carbons (Fsp3) is 0.467. The number of hydrogen-bond donors (Lipinski definition) is 1. The third-order valence-corrected chi connectivity index (χ3v) is 2.84. The van der Waals surface area contributed by atoms with Crippen molar-refractivity contribution in [2.45, 2.75) is 32.5 Å². The summed E-state index contributed by atoms with van der Waals surface area (Å²) in [6, 6.07) is 6.27. The highest BCUT2D eigenvalue weighted by molar-refractivity contribution is 5.17. The summed E-state index contributed by atoms with van der Waals surface area (Å²) in [7, 11) is 0. The highest BCUT2D eigenvalue weighted by atomic mass is 19.1. The molecule has 1 N–H and O–H groups in total. The average Bonchev–Trinajstić information content (AvgIpc) is 2.35. The lowest BCUT2D eigenvalue weighted by atomic mass is 9.96. The van der Waals surface area contributed by atoms with Gasteiger partial charge in [-0.1, -0.05) is 32.1 Å². The fourth-order valence-electron chi connectivity index (χ4n) is 1.75. The van der Waals surface area contributed by atoms with Crippen LogP contribution in [0, 0.1) is 11.7 Å². The lowest BCUT2D eigenvalue weighted by Crippen LogP contribution is -2.35. The first-order valence-electron chi connectivity index (χ1n) is 6.19. The van der Waals surface area contributed by atoms with Crippen LogP contribution >= 0.6 is 0 Å². The molecule has 3 heteroatoms. The molecule has 0 spiro atoms. The van der Waals surface area contributed by atoms with Crippen molar-refractivity contribution in [1.82, 2.24) is 0 Å². The predicted molar refractivity (Wildman–Crippen MR) is 70.9 cm³/mol. The second-order valence-corrected chi connectivity index (χ2v) is 4.73. The van der Waals surface area contributed by atoms with Crippen molar-refractivity contribution >= 4 is 0 Å². The lowest BCUT2D eigenvalue weighted by molar-refractivity contribution is -0.0459. The van der Waals surface area contributed by atoms with Gasteiger partial charge in [0.25, 0.3) is 0 Å². The summed E-state index contributed by atoms with van der Waals surface area (Å²) in [5, 5.41) is 10.1. The van der Waals surface area contributed by atoms with Crippen LogP contribution in [0.25, 0.3) is 0 Å². The van der Waals surface area contributed by atoms with E-state index in [9.17, 15) is 9.50 Å². The minimum absolute atomic E-state index is 0.111. The standard InChI is InChI=1S/C15H21FO2/c1-4-9-18-14(15(17)11(2)3)10-12-5-7-13(16)8-6-12/h4-8,11,14-15,17H,1,9-10H2,2-3H3/t14-,15+/m1/s1. The highest BCUT2D eigenvalue weighted by Gasteiger charge is 2.22. The highest BCUT2D eigenvalue weighted by Crippen LogP contribution is 2.15. The van der Waals surface area contributed by atoms with E-state index >= 15 is 0 Å². The molecule has 0 unspecified atom stereocenters. The van der Waals surface area contributed by atoms with E-state index in [0.29, 0.717) is 13.0 Å². The van der Waals surface area contributed by atoms with E-state index in [4.69, 9.17) is 4.74 Å². The average molecular weight is 252 g/mol. The van der Waals surface area contributed by atoms with Gasteiger partial charge in [-0.2, -0.15) is 0 Å². The zero-order valence-electron chi connectivity index (χ0n) is 11.0. The molecule has 0 aliphatic carbocycles. The first kappa shape index (κ1) is 14.9. The van der Waals surface area contributed by atoms with Crippen molar-refractivity contribution in [3.63, 3.8) is 0 Å². The number of halogens is 1. The molecule has 2 atom stereocenters. The molecule has 2 nitrogen and oxygen atoms in total. The van der Waals surface area contributed by atoms with Gasteiger partial charge in [0.1, 0.15) is 5.82 Å². The van der Waals surface area contributed by atoms with E-state index in [0.717, 1.165) is 5.56 Å². The van der Waals surface area contributed by atoms with Gasteiger partial charge in [-0.25, -0.2) is 4.39 Å². The van der Waals surface area contributed by atoms with Crippen LogP contribution in [-0.4, -0.2) is 23.9 Å². The molecule has 0 amide bonds. The second kappa shape index (κ2) is 7.29. The third-order valence-electron chi connectivity index (χ3n) is 2.84. The maximum Gasteiger partial charge on any atom is 0.123 e. The van der Waals surface area contributed by atoms with E-state index in [1.165, 1.54) is 12.1 Å². The van der Waals surface area contributed by atoms with Crippen LogP contribution < -0.4 is 0 Å². The Balaban J connectivity index is 2.70. The van der Waals surface area contributed by atoms with E-state index in [2.05, 4.69) is 6.58 Å². The zero-order chi connectivity index (χ0) is 13.5. The zero-order valence-corrected chi connectivity index (χ0v) is 11.0. The van der Waals surface area contributed by atoms with Crippen LogP contribution in [0.3, 0.4) is 0 Å². The summed E-state index contributed by atoms with van der Waals surface area (Å²) in [5.41, 5.74) is 0.949. The van der Waals surface area contributed by atoms with Gasteiger partial charge in [-0.05, 0) is 23.6 Å². The normalized spacial score (nSPS) is 14.5. The maximum absolute atomic E-state index is 12.8. The first-order chi connectivity index (χ1) is 8.54. The molecule has 1 aromatic rings. The van der Waals surface area contributed by atoms with Crippen molar-refractivity contribution < 1.29 is 14.2 Å². The fourth-order valence-corrected chi connectivity index (χ4v) is 1.75. The van der Waals surface area contributed by atoms with Gasteiger partial charge in [0.05, 0.1) is 18.8 Å². The minimum atomic E-state index is -0.546. The maximum atomic E-state index is 12.8. The number of aliphatic hydroxyl groups excluding tert-OH is 1. The second-order valence-electron chi connectivity index (χ2n) is 4.73. The SMILES string of the molecule is C=CCO[C@H](Cc1ccc(F)cc1)[C@@H](O)C(C)C. The Kier molecular flexibility index (Phi) is 6.02. The third kappa shape index (κ3) is 4.59. The first-order valence-corrected chi connectivity index (χ1v) is 6.19. The smallest absolute Gasteiger partial charge is 0.123 e. The molecule has 0 saturated heterocycles. The molecule has 18 heavy (non-hydrogen) atoms. The summed E-state index contributed by atoms with van der Waals surface area (Å²) in [6.07, 6.45) is 1.38. The summed E-state index contributed by atoms with van der Waals surface area (Å²) in [4.78, 5) is 0. The van der Waals surface area contributed by atoms with Crippen molar-refractivity contribution in [2.24, 2.45) is 5.92 Å². The van der Waals surface area contributed by atoms with Crippen LogP contribution in [0.1, 0.15) is 19.4 Å². The van der Waals surface area contributed by atoms with Gasteiger partial charge in [0, 0.05) is 6.42 Å². The summed E-state index contributed by atoms with van der Waals surface area (Å²) in [5.74, 6) is -0.146. The number of benzene rings is 1. The predicted octanol–water partition coefficient (Wildman–Crippen LogP) is 2.96. The molecule has 100 valence electrons. The molecule has 0 radical (unpaired) electrons. The Morgan fingerprint density at radius 1 is 1.33 bits per heavy atom. The van der Waals surface area contributed by atoms with Gasteiger partial charge in [-0.15, -0.1) is 6.58 Å². The summed E-state index contributed by atoms with van der Waals surface area (Å²) in [6.45, 7) is 7.89. The number of hydrogen-bond acceptors (Lipinski definition) is 2. The largest absolute Gasteiger partial charge is 0.390 e. The van der Waals surface area contributed by atoms with Crippen molar-refractivity contribution in [2.75, 3.05) is 6.61 Å². The number of rotatable bonds is 7. The summed E-state index contributed by atoms with van der Waals surface area (Å²) < 4.78 is 18.4. The molecule has 1 aromatic carbocycles. The van der Waals surface area contributed by atoms with Gasteiger partial charge < -0.3 is 9.84 Å². The Hall–Kier alpha value is -1.19. The molecule has 0 aliphatic rings.